The Morgan fingerprint density at radius 2 is 1.71 bits per heavy atom. The third-order valence-electron chi connectivity index (χ3n) is 6.31. The number of carbonyl (C=O) groups is 2. The van der Waals surface area contributed by atoms with Crippen molar-refractivity contribution in [1.82, 2.24) is 10.6 Å². The molecule has 2 aromatic rings. The number of carboxylic acid groups (broad SMARTS) is 1. The Kier molecular flexibility index (Phi) is 7.79. The highest BCUT2D eigenvalue weighted by molar-refractivity contribution is 8.13. The van der Waals surface area contributed by atoms with Crippen molar-refractivity contribution in [2.75, 3.05) is 12.3 Å². The Morgan fingerprint density at radius 1 is 1.09 bits per heavy atom. The van der Waals surface area contributed by atoms with Crippen LogP contribution >= 0.6 is 11.8 Å². The number of aliphatic carboxylic acids is 1. The standard InChI is InChI=1S/C25H32N2O5S2/c1-17-10-12-19(13-11-17)34(31,32)21-20(26-14-15-33-21)27-22(28)25(23(29)30,24(2,3)4)16-18-8-6-5-7-9-18/h5-13,20-21,26H,14-16H2,1-4H3,(H,27,28)(H,29,30). The van der Waals surface area contributed by atoms with Gasteiger partial charge < -0.3 is 10.4 Å². The van der Waals surface area contributed by atoms with Gasteiger partial charge in [0, 0.05) is 12.3 Å². The number of sulfone groups is 1. The van der Waals surface area contributed by atoms with Gasteiger partial charge in [-0.2, -0.15) is 0 Å². The highest BCUT2D eigenvalue weighted by Crippen LogP contribution is 2.43. The molecule has 0 aliphatic carbocycles. The summed E-state index contributed by atoms with van der Waals surface area (Å²) in [5.74, 6) is -1.40. The molecule has 0 bridgehead atoms. The van der Waals surface area contributed by atoms with Crippen LogP contribution in [0, 0.1) is 17.8 Å². The Labute approximate surface area is 205 Å². The minimum Gasteiger partial charge on any atom is -0.480 e. The second kappa shape index (κ2) is 10.1. The fourth-order valence-corrected chi connectivity index (χ4v) is 7.65. The molecule has 1 aliphatic heterocycles. The van der Waals surface area contributed by atoms with Crippen molar-refractivity contribution in [2.45, 2.75) is 49.8 Å². The topological polar surface area (TPSA) is 113 Å². The second-order valence-electron chi connectivity index (χ2n) is 9.63. The Morgan fingerprint density at radius 3 is 2.26 bits per heavy atom. The number of amides is 1. The molecule has 0 aromatic heterocycles. The number of carbonyl (C=O) groups excluding carboxylic acids is 1. The molecule has 0 saturated carbocycles. The lowest BCUT2D eigenvalue weighted by atomic mass is 9.62. The van der Waals surface area contributed by atoms with Gasteiger partial charge in [0.25, 0.3) is 0 Å². The van der Waals surface area contributed by atoms with Crippen LogP contribution in [0.4, 0.5) is 0 Å². The normalized spacial score (nSPS) is 20.8. The van der Waals surface area contributed by atoms with E-state index in [1.165, 1.54) is 11.8 Å². The van der Waals surface area contributed by atoms with Gasteiger partial charge in [0.2, 0.25) is 5.91 Å². The van der Waals surface area contributed by atoms with E-state index in [0.29, 0.717) is 17.9 Å². The van der Waals surface area contributed by atoms with Crippen molar-refractivity contribution in [2.24, 2.45) is 10.8 Å². The van der Waals surface area contributed by atoms with Crippen molar-refractivity contribution < 1.29 is 23.1 Å². The van der Waals surface area contributed by atoms with Crippen LogP contribution in [0.1, 0.15) is 31.9 Å². The highest BCUT2D eigenvalue weighted by atomic mass is 32.3. The van der Waals surface area contributed by atoms with Gasteiger partial charge in [-0.05, 0) is 36.5 Å². The van der Waals surface area contributed by atoms with Crippen LogP contribution in [-0.2, 0) is 25.8 Å². The summed E-state index contributed by atoms with van der Waals surface area (Å²) in [5, 5.41) is 16.2. The number of hydrogen-bond donors (Lipinski definition) is 3. The van der Waals surface area contributed by atoms with Crippen molar-refractivity contribution in [1.29, 1.82) is 0 Å². The van der Waals surface area contributed by atoms with E-state index < -0.39 is 43.3 Å². The summed E-state index contributed by atoms with van der Waals surface area (Å²) in [6.45, 7) is 7.51. The number of carboxylic acids is 1. The largest absolute Gasteiger partial charge is 0.480 e. The van der Waals surface area contributed by atoms with E-state index in [2.05, 4.69) is 10.6 Å². The number of benzene rings is 2. The first-order valence-electron chi connectivity index (χ1n) is 11.1. The molecule has 7 nitrogen and oxygen atoms in total. The molecule has 1 fully saturated rings. The molecule has 184 valence electrons. The smallest absolute Gasteiger partial charge is 0.320 e. The highest BCUT2D eigenvalue weighted by Gasteiger charge is 2.56. The maximum atomic E-state index is 13.7. The van der Waals surface area contributed by atoms with E-state index in [1.54, 1.807) is 69.3 Å². The van der Waals surface area contributed by atoms with Crippen molar-refractivity contribution in [3.05, 3.63) is 65.7 Å². The molecule has 9 heteroatoms. The Hall–Kier alpha value is -2.36. The average molecular weight is 505 g/mol. The van der Waals surface area contributed by atoms with Gasteiger partial charge >= 0.3 is 5.97 Å². The van der Waals surface area contributed by atoms with E-state index >= 15 is 0 Å². The molecule has 1 saturated heterocycles. The summed E-state index contributed by atoms with van der Waals surface area (Å²) in [6, 6.07) is 15.6. The Balaban J connectivity index is 1.97. The maximum absolute atomic E-state index is 13.7. The number of hydrogen-bond acceptors (Lipinski definition) is 6. The molecular weight excluding hydrogens is 472 g/mol. The zero-order chi connectivity index (χ0) is 25.1. The minimum atomic E-state index is -3.80. The molecule has 0 spiro atoms. The lowest BCUT2D eigenvalue weighted by Crippen LogP contribution is -2.63. The number of aryl methyl sites for hydroxylation is 1. The summed E-state index contributed by atoms with van der Waals surface area (Å²) in [6.07, 6.45) is -0.956. The quantitative estimate of drug-likeness (QED) is 0.496. The summed E-state index contributed by atoms with van der Waals surface area (Å²) in [4.78, 5) is 26.6. The van der Waals surface area contributed by atoms with Gasteiger partial charge in [-0.3, -0.25) is 14.9 Å². The van der Waals surface area contributed by atoms with E-state index in [4.69, 9.17) is 0 Å². The van der Waals surface area contributed by atoms with E-state index in [9.17, 15) is 23.1 Å². The fraction of sp³-hybridized carbons (Fsp3) is 0.440. The van der Waals surface area contributed by atoms with Gasteiger partial charge in [-0.1, -0.05) is 68.8 Å². The summed E-state index contributed by atoms with van der Waals surface area (Å²) in [7, 11) is -3.80. The molecular formula is C25H32N2O5S2. The third kappa shape index (κ3) is 5.16. The average Bonchev–Trinajstić information content (AvgIpc) is 2.77. The first-order valence-corrected chi connectivity index (χ1v) is 13.7. The molecule has 2 aromatic carbocycles. The molecule has 1 aliphatic rings. The Bertz CT molecular complexity index is 1130. The molecule has 1 amide bonds. The number of thioether (sulfide) groups is 1. The lowest BCUT2D eigenvalue weighted by molar-refractivity contribution is -0.164. The van der Waals surface area contributed by atoms with E-state index in [1.807, 2.05) is 13.0 Å². The predicted octanol–water partition coefficient (Wildman–Crippen LogP) is 3.23. The third-order valence-corrected chi connectivity index (χ3v) is 10.3. The summed E-state index contributed by atoms with van der Waals surface area (Å²) >= 11 is 1.24. The van der Waals surface area contributed by atoms with Crippen LogP contribution in [0.15, 0.2) is 59.5 Å². The van der Waals surface area contributed by atoms with Crippen molar-refractivity contribution in [3.63, 3.8) is 0 Å². The van der Waals surface area contributed by atoms with E-state index in [-0.39, 0.29) is 11.3 Å². The molecule has 34 heavy (non-hydrogen) atoms. The number of rotatable bonds is 7. The molecule has 0 radical (unpaired) electrons. The number of nitrogens with one attached hydrogen (secondary N) is 2. The van der Waals surface area contributed by atoms with Crippen LogP contribution in [0.5, 0.6) is 0 Å². The fourth-order valence-electron chi connectivity index (χ4n) is 4.18. The summed E-state index contributed by atoms with van der Waals surface area (Å²) < 4.78 is 25.9. The van der Waals surface area contributed by atoms with Gasteiger partial charge in [0.1, 0.15) is 10.7 Å². The molecule has 3 unspecified atom stereocenters. The van der Waals surface area contributed by atoms with Gasteiger partial charge in [0.15, 0.2) is 15.3 Å². The second-order valence-corrected chi connectivity index (χ2v) is 13.2. The maximum Gasteiger partial charge on any atom is 0.320 e. The van der Waals surface area contributed by atoms with Crippen LogP contribution in [-0.4, -0.2) is 48.4 Å². The SMILES string of the molecule is Cc1ccc(S(=O)(=O)C2SCCNC2NC(=O)C(Cc2ccccc2)(C(=O)O)C(C)(C)C)cc1. The molecule has 3 atom stereocenters. The van der Waals surface area contributed by atoms with Gasteiger partial charge in [0.05, 0.1) is 4.90 Å². The van der Waals surface area contributed by atoms with Crippen LogP contribution in [0.3, 0.4) is 0 Å². The zero-order valence-corrected chi connectivity index (χ0v) is 21.5. The van der Waals surface area contributed by atoms with E-state index in [0.717, 1.165) is 5.56 Å². The lowest BCUT2D eigenvalue weighted by Gasteiger charge is -2.42. The minimum absolute atomic E-state index is 0.0201. The monoisotopic (exact) mass is 504 g/mol. The van der Waals surface area contributed by atoms with Crippen LogP contribution in [0.2, 0.25) is 0 Å². The van der Waals surface area contributed by atoms with Crippen molar-refractivity contribution in [3.8, 4) is 0 Å². The van der Waals surface area contributed by atoms with Gasteiger partial charge in [-0.15, -0.1) is 11.8 Å². The molecule has 3 rings (SSSR count). The molecule has 3 N–H and O–H groups in total. The summed E-state index contributed by atoms with van der Waals surface area (Å²) in [5.41, 5.74) is -1.11. The predicted molar refractivity (Wildman–Crippen MR) is 134 cm³/mol. The van der Waals surface area contributed by atoms with Gasteiger partial charge in [-0.25, -0.2) is 8.42 Å². The van der Waals surface area contributed by atoms with Crippen LogP contribution < -0.4 is 10.6 Å². The molecule has 1 heterocycles. The first kappa shape index (κ1) is 26.2. The van der Waals surface area contributed by atoms with Crippen molar-refractivity contribution >= 4 is 33.5 Å². The van der Waals surface area contributed by atoms with Crippen LogP contribution in [0.25, 0.3) is 0 Å². The first-order chi connectivity index (χ1) is 15.9. The zero-order valence-electron chi connectivity index (χ0n) is 19.9.